The summed E-state index contributed by atoms with van der Waals surface area (Å²) in [5.74, 6) is 0.265. The summed E-state index contributed by atoms with van der Waals surface area (Å²) in [7, 11) is 1.52. The van der Waals surface area contributed by atoms with Crippen LogP contribution in [-0.4, -0.2) is 47.5 Å². The van der Waals surface area contributed by atoms with E-state index in [-0.39, 0.29) is 6.42 Å². The number of thioether (sulfide) groups is 1. The van der Waals surface area contributed by atoms with Crippen LogP contribution in [0.3, 0.4) is 0 Å². The molecule has 0 bridgehead atoms. The number of ether oxygens (including phenoxy) is 1. The number of carboxylic acids is 1. The van der Waals surface area contributed by atoms with Gasteiger partial charge in [-0.1, -0.05) is 0 Å². The molecule has 0 aliphatic rings. The Hall–Kier alpha value is -0.260. The number of hydrogen-bond donors (Lipinski definition) is 2. The van der Waals surface area contributed by atoms with Crippen molar-refractivity contribution in [1.29, 1.82) is 0 Å². The van der Waals surface area contributed by atoms with Gasteiger partial charge in [0.25, 0.3) is 0 Å². The molecule has 0 heterocycles. The lowest BCUT2D eigenvalue weighted by Crippen LogP contribution is -2.17. The summed E-state index contributed by atoms with van der Waals surface area (Å²) in [6.45, 7) is 0.306. The van der Waals surface area contributed by atoms with Crippen molar-refractivity contribution in [2.45, 2.75) is 12.5 Å². The third kappa shape index (κ3) is 7.84. The van der Waals surface area contributed by atoms with Gasteiger partial charge in [-0.25, -0.2) is 0 Å². The molecule has 4 nitrogen and oxygen atoms in total. The zero-order valence-corrected chi connectivity index (χ0v) is 7.84. The lowest BCUT2D eigenvalue weighted by atomic mass is 10.4. The molecule has 0 aromatic heterocycles. The molecule has 72 valence electrons. The first-order chi connectivity index (χ1) is 5.66. The fourth-order valence-electron chi connectivity index (χ4n) is 0.619. The topological polar surface area (TPSA) is 66.8 Å². The molecule has 0 amide bonds. The molecule has 0 aliphatic heterocycles. The number of aliphatic hydroxyl groups is 1. The predicted molar refractivity (Wildman–Crippen MR) is 47.5 cm³/mol. The summed E-state index contributed by atoms with van der Waals surface area (Å²) >= 11 is 1.42. The fraction of sp³-hybridized carbons (Fsp3) is 0.857. The van der Waals surface area contributed by atoms with Gasteiger partial charge < -0.3 is 14.9 Å². The van der Waals surface area contributed by atoms with Crippen LogP contribution in [-0.2, 0) is 9.53 Å². The van der Waals surface area contributed by atoms with E-state index in [1.807, 2.05) is 0 Å². The van der Waals surface area contributed by atoms with Crippen LogP contribution in [0.15, 0.2) is 0 Å². The smallest absolute Gasteiger partial charge is 0.304 e. The Morgan fingerprint density at radius 1 is 1.67 bits per heavy atom. The first-order valence-electron chi connectivity index (χ1n) is 3.63. The molecule has 0 saturated heterocycles. The molecule has 0 rings (SSSR count). The molecule has 0 aliphatic carbocycles. The second kappa shape index (κ2) is 7.39. The molecule has 0 spiro atoms. The molecule has 0 aromatic rings. The van der Waals surface area contributed by atoms with Gasteiger partial charge in [-0.3, -0.25) is 4.79 Å². The number of aliphatic carboxylic acids is 1. The number of rotatable bonds is 7. The third-order valence-electron chi connectivity index (χ3n) is 1.13. The van der Waals surface area contributed by atoms with Gasteiger partial charge in [-0.05, 0) is 0 Å². The Morgan fingerprint density at radius 2 is 2.33 bits per heavy atom. The van der Waals surface area contributed by atoms with Crippen LogP contribution in [0.1, 0.15) is 6.42 Å². The van der Waals surface area contributed by atoms with Crippen LogP contribution in [0.5, 0.6) is 0 Å². The molecule has 0 fully saturated rings. The monoisotopic (exact) mass is 194 g/mol. The van der Waals surface area contributed by atoms with Gasteiger partial charge in [0.1, 0.15) is 0 Å². The van der Waals surface area contributed by atoms with Gasteiger partial charge in [0.05, 0.1) is 19.1 Å². The summed E-state index contributed by atoms with van der Waals surface area (Å²) in [5.41, 5.74) is 0. The van der Waals surface area contributed by atoms with E-state index in [4.69, 9.17) is 14.9 Å². The minimum atomic E-state index is -0.802. The Morgan fingerprint density at radius 3 is 2.83 bits per heavy atom. The van der Waals surface area contributed by atoms with Crippen LogP contribution in [0.4, 0.5) is 0 Å². The van der Waals surface area contributed by atoms with Crippen molar-refractivity contribution >= 4 is 17.7 Å². The second-order valence-electron chi connectivity index (χ2n) is 2.33. The molecule has 1 unspecified atom stereocenters. The van der Waals surface area contributed by atoms with E-state index in [0.29, 0.717) is 18.1 Å². The molecule has 0 saturated carbocycles. The van der Waals surface area contributed by atoms with Gasteiger partial charge in [-0.2, -0.15) is 11.8 Å². The van der Waals surface area contributed by atoms with Gasteiger partial charge in [-0.15, -0.1) is 0 Å². The number of hydrogen-bond acceptors (Lipinski definition) is 4. The molecular formula is C7H14O4S. The summed E-state index contributed by atoms with van der Waals surface area (Å²) in [4.78, 5) is 10.1. The Labute approximate surface area is 75.9 Å². The number of aliphatic hydroxyl groups excluding tert-OH is 1. The van der Waals surface area contributed by atoms with Gasteiger partial charge in [0, 0.05) is 18.6 Å². The minimum Gasteiger partial charge on any atom is -0.481 e. The van der Waals surface area contributed by atoms with Crippen LogP contribution in [0.2, 0.25) is 0 Å². The Kier molecular flexibility index (Phi) is 7.23. The van der Waals surface area contributed by atoms with Gasteiger partial charge >= 0.3 is 5.97 Å². The molecule has 0 radical (unpaired) electrons. The van der Waals surface area contributed by atoms with E-state index >= 15 is 0 Å². The van der Waals surface area contributed by atoms with Crippen molar-refractivity contribution < 1.29 is 19.7 Å². The van der Waals surface area contributed by atoms with Crippen molar-refractivity contribution in [3.8, 4) is 0 Å². The largest absolute Gasteiger partial charge is 0.481 e. The average Bonchev–Trinajstić information content (AvgIpc) is 1.98. The zero-order chi connectivity index (χ0) is 9.40. The van der Waals surface area contributed by atoms with Crippen molar-refractivity contribution in [1.82, 2.24) is 0 Å². The molecule has 1 atom stereocenters. The average molecular weight is 194 g/mol. The highest BCUT2D eigenvalue weighted by Gasteiger charge is 2.03. The highest BCUT2D eigenvalue weighted by atomic mass is 32.2. The van der Waals surface area contributed by atoms with Gasteiger partial charge in [0.15, 0.2) is 0 Å². The van der Waals surface area contributed by atoms with E-state index in [2.05, 4.69) is 0 Å². The zero-order valence-electron chi connectivity index (χ0n) is 7.02. The van der Waals surface area contributed by atoms with Crippen LogP contribution >= 0.6 is 11.8 Å². The van der Waals surface area contributed by atoms with E-state index in [1.165, 1.54) is 18.9 Å². The number of carbonyl (C=O) groups is 1. The highest BCUT2D eigenvalue weighted by molar-refractivity contribution is 7.99. The van der Waals surface area contributed by atoms with Crippen LogP contribution < -0.4 is 0 Å². The quantitative estimate of drug-likeness (QED) is 0.567. The van der Waals surface area contributed by atoms with Crippen LogP contribution in [0, 0.1) is 0 Å². The molecule has 5 heteroatoms. The van der Waals surface area contributed by atoms with E-state index < -0.39 is 12.1 Å². The number of methoxy groups -OCH3 is 1. The van der Waals surface area contributed by atoms with Crippen LogP contribution in [0.25, 0.3) is 0 Å². The van der Waals surface area contributed by atoms with Crippen molar-refractivity contribution in [3.05, 3.63) is 0 Å². The summed E-state index contributed by atoms with van der Waals surface area (Å²) in [6.07, 6.45) is -0.349. The number of carboxylic acid groups (broad SMARTS) is 1. The minimum absolute atomic E-state index is 0.143. The lowest BCUT2D eigenvalue weighted by Gasteiger charge is -2.07. The summed E-state index contributed by atoms with van der Waals surface area (Å²) in [6, 6.07) is 0. The van der Waals surface area contributed by atoms with Gasteiger partial charge in [0.2, 0.25) is 0 Å². The normalized spacial score (nSPS) is 12.8. The van der Waals surface area contributed by atoms with E-state index in [0.717, 1.165) is 0 Å². The summed E-state index contributed by atoms with van der Waals surface area (Å²) < 4.78 is 4.70. The van der Waals surface area contributed by atoms with Crippen molar-refractivity contribution in [3.63, 3.8) is 0 Å². The second-order valence-corrected chi connectivity index (χ2v) is 3.48. The fourth-order valence-corrected chi connectivity index (χ4v) is 1.47. The maximum atomic E-state index is 10.1. The Bertz CT molecular complexity index is 129. The highest BCUT2D eigenvalue weighted by Crippen LogP contribution is 2.04. The standard InChI is InChI=1S/C7H14O4S/c1-11-4-6(8)5-12-3-2-7(9)10/h6,8H,2-5H2,1H3,(H,9,10). The predicted octanol–water partition coefficient (Wildman–Crippen LogP) is 0.202. The molecule has 2 N–H and O–H groups in total. The third-order valence-corrected chi connectivity index (χ3v) is 2.24. The molecule has 0 aromatic carbocycles. The first kappa shape index (κ1) is 11.7. The first-order valence-corrected chi connectivity index (χ1v) is 4.78. The van der Waals surface area contributed by atoms with E-state index in [9.17, 15) is 4.79 Å². The maximum absolute atomic E-state index is 10.1. The maximum Gasteiger partial charge on any atom is 0.304 e. The SMILES string of the molecule is COCC(O)CSCCC(=O)O. The lowest BCUT2D eigenvalue weighted by molar-refractivity contribution is -0.136. The van der Waals surface area contributed by atoms with Crippen molar-refractivity contribution in [2.75, 3.05) is 25.2 Å². The molecule has 12 heavy (non-hydrogen) atoms. The molecular weight excluding hydrogens is 180 g/mol. The van der Waals surface area contributed by atoms with E-state index in [1.54, 1.807) is 0 Å². The van der Waals surface area contributed by atoms with Crippen molar-refractivity contribution in [2.24, 2.45) is 0 Å². The summed E-state index contributed by atoms with van der Waals surface area (Å²) in [5, 5.41) is 17.4. The Balaban J connectivity index is 3.13.